The van der Waals surface area contributed by atoms with E-state index >= 15 is 0 Å². The van der Waals surface area contributed by atoms with Crippen LogP contribution < -0.4 is 16.2 Å². The minimum absolute atomic E-state index is 0.174. The van der Waals surface area contributed by atoms with E-state index in [1.807, 2.05) is 30.3 Å². The third-order valence-corrected chi connectivity index (χ3v) is 2.86. The number of rotatable bonds is 5. The number of nitrogens with one attached hydrogen (secondary N) is 3. The van der Waals surface area contributed by atoms with Gasteiger partial charge in [0.15, 0.2) is 0 Å². The summed E-state index contributed by atoms with van der Waals surface area (Å²) in [5.41, 5.74) is 5.45. The van der Waals surface area contributed by atoms with E-state index in [1.54, 1.807) is 18.2 Å². The average molecular weight is 324 g/mol. The Hall–Kier alpha value is -3.48. The SMILES string of the molecule is O=C(C=Cc1ccccc1)NCC(=O)NNC(=O)c1ccccn1. The van der Waals surface area contributed by atoms with Crippen molar-refractivity contribution in [2.45, 2.75) is 0 Å². The highest BCUT2D eigenvalue weighted by molar-refractivity contribution is 5.96. The fourth-order valence-corrected chi connectivity index (χ4v) is 1.69. The molecule has 7 heteroatoms. The Morgan fingerprint density at radius 2 is 1.71 bits per heavy atom. The molecule has 0 aliphatic rings. The Morgan fingerprint density at radius 3 is 2.42 bits per heavy atom. The number of hydrogen-bond donors (Lipinski definition) is 3. The van der Waals surface area contributed by atoms with Crippen LogP contribution in [0.3, 0.4) is 0 Å². The van der Waals surface area contributed by atoms with Gasteiger partial charge in [-0.2, -0.15) is 0 Å². The topological polar surface area (TPSA) is 100 Å². The predicted molar refractivity (Wildman–Crippen MR) is 88.3 cm³/mol. The number of carbonyl (C=O) groups excluding carboxylic acids is 3. The molecule has 0 atom stereocenters. The van der Waals surface area contributed by atoms with E-state index in [4.69, 9.17) is 0 Å². The lowest BCUT2D eigenvalue weighted by atomic mass is 10.2. The first-order valence-corrected chi connectivity index (χ1v) is 7.16. The monoisotopic (exact) mass is 324 g/mol. The van der Waals surface area contributed by atoms with Crippen molar-refractivity contribution in [3.63, 3.8) is 0 Å². The fraction of sp³-hybridized carbons (Fsp3) is 0.0588. The highest BCUT2D eigenvalue weighted by Crippen LogP contribution is 2.00. The smallest absolute Gasteiger partial charge is 0.288 e. The summed E-state index contributed by atoms with van der Waals surface area (Å²) in [6.07, 6.45) is 4.43. The normalized spacial score (nSPS) is 10.2. The molecule has 1 aromatic carbocycles. The maximum absolute atomic E-state index is 11.7. The van der Waals surface area contributed by atoms with Crippen molar-refractivity contribution >= 4 is 23.8 Å². The van der Waals surface area contributed by atoms with Crippen molar-refractivity contribution < 1.29 is 14.4 Å². The van der Waals surface area contributed by atoms with Crippen LogP contribution in [0.2, 0.25) is 0 Å². The number of aromatic nitrogens is 1. The number of carbonyl (C=O) groups is 3. The highest BCUT2D eigenvalue weighted by Gasteiger charge is 2.08. The van der Waals surface area contributed by atoms with Gasteiger partial charge < -0.3 is 5.32 Å². The summed E-state index contributed by atoms with van der Waals surface area (Å²) in [7, 11) is 0. The molecular weight excluding hydrogens is 308 g/mol. The lowest BCUT2D eigenvalue weighted by Crippen LogP contribution is -2.46. The number of nitrogens with zero attached hydrogens (tertiary/aromatic N) is 1. The van der Waals surface area contributed by atoms with Crippen molar-refractivity contribution in [1.82, 2.24) is 21.2 Å². The van der Waals surface area contributed by atoms with E-state index in [0.29, 0.717) is 0 Å². The van der Waals surface area contributed by atoms with Gasteiger partial charge >= 0.3 is 0 Å². The maximum atomic E-state index is 11.7. The van der Waals surface area contributed by atoms with Gasteiger partial charge in [-0.1, -0.05) is 36.4 Å². The minimum atomic E-state index is -0.555. The molecule has 0 unspecified atom stereocenters. The first-order valence-electron chi connectivity index (χ1n) is 7.16. The van der Waals surface area contributed by atoms with Crippen LogP contribution in [0.25, 0.3) is 6.08 Å². The molecule has 0 radical (unpaired) electrons. The summed E-state index contributed by atoms with van der Waals surface area (Å²) in [6.45, 7) is -0.263. The van der Waals surface area contributed by atoms with Gasteiger partial charge in [0.05, 0.1) is 6.54 Å². The molecule has 1 heterocycles. The zero-order chi connectivity index (χ0) is 17.2. The summed E-state index contributed by atoms with van der Waals surface area (Å²) in [4.78, 5) is 38.7. The molecule has 122 valence electrons. The van der Waals surface area contributed by atoms with Gasteiger partial charge in [0.2, 0.25) is 5.91 Å². The Kier molecular flexibility index (Phi) is 6.22. The van der Waals surface area contributed by atoms with Crippen molar-refractivity contribution in [3.05, 3.63) is 72.1 Å². The standard InChI is InChI=1S/C17H16N4O3/c22-15(10-9-13-6-2-1-3-7-13)19-12-16(23)20-21-17(24)14-8-4-5-11-18-14/h1-11H,12H2,(H,19,22)(H,20,23)(H,21,24). The minimum Gasteiger partial charge on any atom is -0.343 e. The zero-order valence-electron chi connectivity index (χ0n) is 12.7. The van der Waals surface area contributed by atoms with Crippen LogP contribution in [-0.4, -0.2) is 29.3 Å². The molecule has 24 heavy (non-hydrogen) atoms. The van der Waals surface area contributed by atoms with E-state index in [0.717, 1.165) is 5.56 Å². The number of hydrogen-bond acceptors (Lipinski definition) is 4. The highest BCUT2D eigenvalue weighted by atomic mass is 16.2. The van der Waals surface area contributed by atoms with Crippen LogP contribution in [0.5, 0.6) is 0 Å². The van der Waals surface area contributed by atoms with E-state index < -0.39 is 17.7 Å². The summed E-state index contributed by atoms with van der Waals surface area (Å²) in [5.74, 6) is -1.51. The summed E-state index contributed by atoms with van der Waals surface area (Å²) in [6, 6.07) is 14.1. The molecule has 3 amide bonds. The molecule has 0 bridgehead atoms. The average Bonchev–Trinajstić information content (AvgIpc) is 2.64. The van der Waals surface area contributed by atoms with Crippen LogP contribution in [0, 0.1) is 0 Å². The van der Waals surface area contributed by atoms with Gasteiger partial charge in [-0.25, -0.2) is 0 Å². The second-order valence-electron chi connectivity index (χ2n) is 4.68. The molecule has 7 nitrogen and oxygen atoms in total. The first kappa shape index (κ1) is 16.9. The van der Waals surface area contributed by atoms with Crippen LogP contribution in [0.15, 0.2) is 60.8 Å². The molecule has 0 spiro atoms. The van der Waals surface area contributed by atoms with Crippen molar-refractivity contribution in [3.8, 4) is 0 Å². The Labute approximate surface area is 138 Å². The van der Waals surface area contributed by atoms with Gasteiger partial charge in [0.1, 0.15) is 5.69 Å². The van der Waals surface area contributed by atoms with Crippen molar-refractivity contribution in [2.24, 2.45) is 0 Å². The van der Waals surface area contributed by atoms with Crippen LogP contribution >= 0.6 is 0 Å². The summed E-state index contributed by atoms with van der Waals surface area (Å²) in [5, 5.41) is 2.41. The molecule has 1 aromatic heterocycles. The number of amides is 3. The third kappa shape index (κ3) is 5.72. The summed E-state index contributed by atoms with van der Waals surface area (Å²) < 4.78 is 0. The van der Waals surface area contributed by atoms with Crippen LogP contribution in [0.4, 0.5) is 0 Å². The molecule has 0 saturated carbocycles. The van der Waals surface area contributed by atoms with Gasteiger partial charge in [-0.05, 0) is 23.8 Å². The van der Waals surface area contributed by atoms with Crippen molar-refractivity contribution in [1.29, 1.82) is 0 Å². The molecule has 2 rings (SSSR count). The maximum Gasteiger partial charge on any atom is 0.288 e. The lowest BCUT2D eigenvalue weighted by molar-refractivity contribution is -0.124. The third-order valence-electron chi connectivity index (χ3n) is 2.86. The fourth-order valence-electron chi connectivity index (χ4n) is 1.69. The molecule has 0 saturated heterocycles. The number of benzene rings is 1. The largest absolute Gasteiger partial charge is 0.343 e. The van der Waals surface area contributed by atoms with Gasteiger partial charge in [-0.3, -0.25) is 30.2 Å². The molecular formula is C17H16N4O3. The first-order chi connectivity index (χ1) is 11.6. The zero-order valence-corrected chi connectivity index (χ0v) is 12.7. The second kappa shape index (κ2) is 8.84. The Morgan fingerprint density at radius 1 is 0.958 bits per heavy atom. The molecule has 0 fully saturated rings. The Balaban J connectivity index is 1.70. The van der Waals surface area contributed by atoms with Gasteiger partial charge in [0.25, 0.3) is 11.8 Å². The van der Waals surface area contributed by atoms with Crippen molar-refractivity contribution in [2.75, 3.05) is 6.54 Å². The van der Waals surface area contributed by atoms with E-state index in [1.165, 1.54) is 18.3 Å². The van der Waals surface area contributed by atoms with E-state index in [2.05, 4.69) is 21.2 Å². The Bertz CT molecular complexity index is 730. The molecule has 0 aliphatic heterocycles. The molecule has 2 aromatic rings. The predicted octanol–water partition coefficient (Wildman–Crippen LogP) is 0.672. The van der Waals surface area contributed by atoms with Gasteiger partial charge in [0, 0.05) is 12.3 Å². The van der Waals surface area contributed by atoms with Crippen LogP contribution in [0.1, 0.15) is 16.1 Å². The second-order valence-corrected chi connectivity index (χ2v) is 4.68. The summed E-state index contributed by atoms with van der Waals surface area (Å²) >= 11 is 0. The van der Waals surface area contributed by atoms with Crippen LogP contribution in [-0.2, 0) is 9.59 Å². The van der Waals surface area contributed by atoms with E-state index in [-0.39, 0.29) is 12.2 Å². The quantitative estimate of drug-likeness (QED) is 0.556. The lowest BCUT2D eigenvalue weighted by Gasteiger charge is -2.07. The van der Waals surface area contributed by atoms with E-state index in [9.17, 15) is 14.4 Å². The molecule has 0 aliphatic carbocycles. The molecule has 3 N–H and O–H groups in total. The number of hydrazine groups is 1. The van der Waals surface area contributed by atoms with Gasteiger partial charge in [-0.15, -0.1) is 0 Å². The number of pyridine rings is 1.